The summed E-state index contributed by atoms with van der Waals surface area (Å²) in [4.78, 5) is 2.26. The van der Waals surface area contributed by atoms with Gasteiger partial charge in [0.15, 0.2) is 5.82 Å². The van der Waals surface area contributed by atoms with Crippen LogP contribution in [0.15, 0.2) is 54.6 Å². The summed E-state index contributed by atoms with van der Waals surface area (Å²) in [5.41, 5.74) is 1.92. The highest BCUT2D eigenvalue weighted by Crippen LogP contribution is 2.25. The summed E-state index contributed by atoms with van der Waals surface area (Å²) in [7, 11) is 0. The van der Waals surface area contributed by atoms with Crippen molar-refractivity contribution in [2.45, 2.75) is 20.5 Å². The molecule has 2 heterocycles. The lowest BCUT2D eigenvalue weighted by Gasteiger charge is -2.17. The van der Waals surface area contributed by atoms with Gasteiger partial charge in [0.05, 0.1) is 12.4 Å². The van der Waals surface area contributed by atoms with Crippen molar-refractivity contribution >= 4 is 29.6 Å². The van der Waals surface area contributed by atoms with Gasteiger partial charge in [0.25, 0.3) is 5.78 Å². The molecule has 2 aromatic carbocycles. The van der Waals surface area contributed by atoms with Crippen LogP contribution in [0.3, 0.4) is 0 Å². The maximum absolute atomic E-state index is 6.07. The summed E-state index contributed by atoms with van der Waals surface area (Å²) in [6, 6.07) is 17.7. The first-order valence-corrected chi connectivity index (χ1v) is 10.0. The molecule has 28 heavy (non-hydrogen) atoms. The fraction of sp³-hybridized carbons (Fsp3) is 0.250. The maximum Gasteiger partial charge on any atom is 0.257 e. The Labute approximate surface area is 173 Å². The number of aromatic nitrogens is 5. The van der Waals surface area contributed by atoms with Crippen LogP contribution in [0.4, 0.5) is 0 Å². The van der Waals surface area contributed by atoms with Crippen LogP contribution in [-0.2, 0) is 6.67 Å². The van der Waals surface area contributed by atoms with Gasteiger partial charge in [-0.1, -0.05) is 43.6 Å². The second-order valence-corrected chi connectivity index (χ2v) is 7.24. The van der Waals surface area contributed by atoms with Gasteiger partial charge in [0.1, 0.15) is 0 Å². The van der Waals surface area contributed by atoms with E-state index in [1.165, 1.54) is 0 Å². The Kier molecular flexibility index (Phi) is 5.30. The maximum atomic E-state index is 6.07. The quantitative estimate of drug-likeness (QED) is 0.431. The van der Waals surface area contributed by atoms with E-state index in [9.17, 15) is 0 Å². The summed E-state index contributed by atoms with van der Waals surface area (Å²) in [6.45, 7) is 6.76. The lowest BCUT2D eigenvalue weighted by atomic mass is 10.2. The van der Waals surface area contributed by atoms with Crippen molar-refractivity contribution in [3.8, 4) is 17.1 Å². The van der Waals surface area contributed by atoms with Gasteiger partial charge >= 0.3 is 0 Å². The van der Waals surface area contributed by atoms with Gasteiger partial charge < -0.3 is 0 Å². The molecule has 0 aliphatic carbocycles. The molecule has 0 radical (unpaired) electrons. The van der Waals surface area contributed by atoms with E-state index < -0.39 is 0 Å². The highest BCUT2D eigenvalue weighted by molar-refractivity contribution is 7.71. The standard InChI is InChI=1S/C20H21ClN6S/c1-3-24(4-2)14-25-20(28)27-19(23-25)26(17-8-6-5-7-9-17)18(22-27)15-10-12-16(21)13-11-15/h5-13H,3-4,14H2,1-2H3. The van der Waals surface area contributed by atoms with Crippen molar-refractivity contribution in [3.63, 3.8) is 0 Å². The Morgan fingerprint density at radius 3 is 2.29 bits per heavy atom. The van der Waals surface area contributed by atoms with E-state index >= 15 is 0 Å². The highest BCUT2D eigenvalue weighted by Gasteiger charge is 2.19. The second kappa shape index (κ2) is 7.87. The SMILES string of the molecule is CCN(CC)Cn1nc2n(-c3ccccc3)c(-c3ccc(Cl)cc3)nn2c1=S. The number of hydrogen-bond donors (Lipinski definition) is 0. The Morgan fingerprint density at radius 1 is 0.964 bits per heavy atom. The van der Waals surface area contributed by atoms with Gasteiger partial charge in [-0.3, -0.25) is 9.47 Å². The number of halogens is 1. The lowest BCUT2D eigenvalue weighted by Crippen LogP contribution is -2.26. The molecule has 8 heteroatoms. The zero-order valence-corrected chi connectivity index (χ0v) is 17.4. The van der Waals surface area contributed by atoms with Crippen LogP contribution in [-0.4, -0.2) is 42.0 Å². The van der Waals surface area contributed by atoms with Crippen LogP contribution < -0.4 is 0 Å². The van der Waals surface area contributed by atoms with Gasteiger partial charge in [0.2, 0.25) is 4.77 Å². The van der Waals surface area contributed by atoms with Gasteiger partial charge in [-0.2, -0.15) is 4.52 Å². The first kappa shape index (κ1) is 18.9. The van der Waals surface area contributed by atoms with Crippen molar-refractivity contribution in [1.82, 2.24) is 28.9 Å². The van der Waals surface area contributed by atoms with E-state index in [2.05, 4.69) is 18.7 Å². The van der Waals surface area contributed by atoms with E-state index in [0.29, 0.717) is 22.2 Å². The van der Waals surface area contributed by atoms with Crippen molar-refractivity contribution in [1.29, 1.82) is 0 Å². The van der Waals surface area contributed by atoms with Crippen LogP contribution in [0, 0.1) is 4.77 Å². The first-order chi connectivity index (χ1) is 13.6. The number of para-hydroxylation sites is 1. The van der Waals surface area contributed by atoms with Crippen LogP contribution in [0.2, 0.25) is 5.02 Å². The van der Waals surface area contributed by atoms with E-state index in [4.69, 9.17) is 34.0 Å². The van der Waals surface area contributed by atoms with Crippen molar-refractivity contribution in [2.24, 2.45) is 0 Å². The minimum atomic E-state index is 0.576. The fourth-order valence-electron chi connectivity index (χ4n) is 3.15. The number of nitrogens with zero attached hydrogens (tertiary/aromatic N) is 6. The minimum absolute atomic E-state index is 0.576. The third-order valence-corrected chi connectivity index (χ3v) is 5.39. The number of hydrogen-bond acceptors (Lipinski definition) is 4. The summed E-state index contributed by atoms with van der Waals surface area (Å²) in [5, 5.41) is 10.3. The topological polar surface area (TPSA) is 43.3 Å². The van der Waals surface area contributed by atoms with Crippen LogP contribution >= 0.6 is 23.8 Å². The molecule has 6 nitrogen and oxygen atoms in total. The molecule has 0 N–H and O–H groups in total. The smallest absolute Gasteiger partial charge is 0.257 e. The van der Waals surface area contributed by atoms with Gasteiger partial charge in [0, 0.05) is 10.6 Å². The minimum Gasteiger partial charge on any atom is -0.285 e. The number of fused-ring (bicyclic) bond motifs is 1. The lowest BCUT2D eigenvalue weighted by molar-refractivity contribution is 0.227. The molecule has 2 aromatic heterocycles. The number of rotatable bonds is 6. The van der Waals surface area contributed by atoms with Gasteiger partial charge in [-0.05, 0) is 61.7 Å². The molecule has 144 valence electrons. The zero-order chi connectivity index (χ0) is 19.7. The summed E-state index contributed by atoms with van der Waals surface area (Å²) < 4.78 is 6.16. The molecular weight excluding hydrogens is 392 g/mol. The van der Waals surface area contributed by atoms with Crippen molar-refractivity contribution < 1.29 is 0 Å². The van der Waals surface area contributed by atoms with E-state index in [-0.39, 0.29) is 0 Å². The Morgan fingerprint density at radius 2 is 1.64 bits per heavy atom. The molecule has 4 rings (SSSR count). The van der Waals surface area contributed by atoms with Gasteiger partial charge in [-0.15, -0.1) is 10.2 Å². The molecule has 0 aliphatic rings. The third kappa shape index (κ3) is 3.37. The predicted molar refractivity (Wildman–Crippen MR) is 115 cm³/mol. The average Bonchev–Trinajstić information content (AvgIpc) is 3.24. The Balaban J connectivity index is 1.93. The molecule has 0 fully saturated rings. The zero-order valence-electron chi connectivity index (χ0n) is 15.8. The molecule has 0 bridgehead atoms. The predicted octanol–water partition coefficient (Wildman–Crippen LogP) is 4.67. The molecule has 0 atom stereocenters. The van der Waals surface area contributed by atoms with Gasteiger partial charge in [-0.25, -0.2) is 4.68 Å². The number of benzene rings is 2. The van der Waals surface area contributed by atoms with E-state index in [1.807, 2.05) is 63.8 Å². The first-order valence-electron chi connectivity index (χ1n) is 9.24. The largest absolute Gasteiger partial charge is 0.285 e. The summed E-state index contributed by atoms with van der Waals surface area (Å²) in [5.74, 6) is 1.46. The van der Waals surface area contributed by atoms with E-state index in [1.54, 1.807) is 4.52 Å². The average molecular weight is 413 g/mol. The second-order valence-electron chi connectivity index (χ2n) is 6.44. The molecular formula is C20H21ClN6S. The Hall–Kier alpha value is -2.48. The highest BCUT2D eigenvalue weighted by atomic mass is 35.5. The molecule has 4 aromatic rings. The summed E-state index contributed by atoms with van der Waals surface area (Å²) >= 11 is 11.7. The van der Waals surface area contributed by atoms with Crippen LogP contribution in [0.25, 0.3) is 22.9 Å². The monoisotopic (exact) mass is 412 g/mol. The molecule has 0 saturated carbocycles. The molecule has 0 unspecified atom stereocenters. The molecule has 0 amide bonds. The van der Waals surface area contributed by atoms with Crippen LogP contribution in [0.5, 0.6) is 0 Å². The van der Waals surface area contributed by atoms with Crippen molar-refractivity contribution in [3.05, 3.63) is 64.4 Å². The fourth-order valence-corrected chi connectivity index (χ4v) is 3.50. The normalized spacial score (nSPS) is 11.6. The molecule has 0 spiro atoms. The third-order valence-electron chi connectivity index (χ3n) is 4.75. The Bertz CT molecular complexity index is 1140. The van der Waals surface area contributed by atoms with E-state index in [0.717, 1.165) is 30.2 Å². The van der Waals surface area contributed by atoms with Crippen molar-refractivity contribution in [2.75, 3.05) is 13.1 Å². The molecule has 0 aliphatic heterocycles. The summed E-state index contributed by atoms with van der Waals surface area (Å²) in [6.07, 6.45) is 0. The molecule has 0 saturated heterocycles. The van der Waals surface area contributed by atoms with Crippen LogP contribution in [0.1, 0.15) is 13.8 Å².